The molecule has 0 amide bonds. The average molecular weight is 216 g/mol. The fourth-order valence-corrected chi connectivity index (χ4v) is 1.33. The molecule has 1 aromatic carbocycles. The molecule has 2 aromatic rings. The van der Waals surface area contributed by atoms with E-state index in [1.54, 1.807) is 24.3 Å². The van der Waals surface area contributed by atoms with Gasteiger partial charge in [0.25, 0.3) is 5.56 Å². The molecule has 2 rings (SSSR count). The Balaban J connectivity index is 2.64. The molecule has 1 heterocycles. The normalized spacial score (nSPS) is 10.0. The van der Waals surface area contributed by atoms with Crippen LogP contribution in [0.25, 0.3) is 5.69 Å². The molecule has 0 bridgehead atoms. The van der Waals surface area contributed by atoms with Gasteiger partial charge in [-0.1, -0.05) is 18.2 Å². The van der Waals surface area contributed by atoms with E-state index in [4.69, 9.17) is 5.11 Å². The van der Waals surface area contributed by atoms with Gasteiger partial charge in [0.1, 0.15) is 11.9 Å². The Bertz CT molecular complexity index is 575. The summed E-state index contributed by atoms with van der Waals surface area (Å²) in [7, 11) is 0. The minimum absolute atomic E-state index is 0.341. The topological polar surface area (TPSA) is 72.2 Å². The number of hydrogen-bond acceptors (Lipinski definition) is 3. The van der Waals surface area contributed by atoms with Crippen LogP contribution in [0, 0.1) is 0 Å². The molecule has 1 N–H and O–H groups in total. The number of benzene rings is 1. The van der Waals surface area contributed by atoms with Crippen molar-refractivity contribution >= 4 is 5.97 Å². The molecule has 0 atom stereocenters. The van der Waals surface area contributed by atoms with Crippen LogP contribution in [0.2, 0.25) is 0 Å². The first-order chi connectivity index (χ1) is 7.70. The van der Waals surface area contributed by atoms with E-state index >= 15 is 0 Å². The molecule has 0 radical (unpaired) electrons. The number of nitrogens with zero attached hydrogens (tertiary/aromatic N) is 2. The van der Waals surface area contributed by atoms with Crippen molar-refractivity contribution in [1.29, 1.82) is 0 Å². The Kier molecular flexibility index (Phi) is 2.51. The third-order valence-corrected chi connectivity index (χ3v) is 2.10. The quantitative estimate of drug-likeness (QED) is 0.810. The summed E-state index contributed by atoms with van der Waals surface area (Å²) in [5.74, 6) is -1.28. The maximum absolute atomic E-state index is 11.8. The predicted octanol–water partition coefficient (Wildman–Crippen LogP) is 0.931. The molecule has 0 aliphatic heterocycles. The van der Waals surface area contributed by atoms with Crippen LogP contribution in [0.3, 0.4) is 0 Å². The monoisotopic (exact) mass is 216 g/mol. The number of aromatic nitrogens is 2. The van der Waals surface area contributed by atoms with Crippen LogP contribution in [-0.4, -0.2) is 20.6 Å². The zero-order valence-corrected chi connectivity index (χ0v) is 8.20. The van der Waals surface area contributed by atoms with E-state index in [0.29, 0.717) is 5.69 Å². The highest BCUT2D eigenvalue weighted by atomic mass is 16.4. The minimum Gasteiger partial charge on any atom is -0.477 e. The second kappa shape index (κ2) is 3.98. The molecule has 0 saturated heterocycles. The van der Waals surface area contributed by atoms with Gasteiger partial charge < -0.3 is 5.11 Å². The molecule has 0 saturated carbocycles. The molecular formula is C11H8N2O3. The van der Waals surface area contributed by atoms with E-state index in [1.807, 2.05) is 6.07 Å². The zero-order chi connectivity index (χ0) is 11.5. The summed E-state index contributed by atoms with van der Waals surface area (Å²) in [5, 5.41) is 8.78. The lowest BCUT2D eigenvalue weighted by molar-refractivity contribution is 0.0694. The van der Waals surface area contributed by atoms with Crippen LogP contribution in [0.1, 0.15) is 10.4 Å². The van der Waals surface area contributed by atoms with Crippen LogP contribution in [0.15, 0.2) is 47.7 Å². The highest BCUT2D eigenvalue weighted by molar-refractivity contribution is 5.86. The zero-order valence-electron chi connectivity index (χ0n) is 8.20. The molecule has 0 fully saturated rings. The van der Waals surface area contributed by atoms with Crippen molar-refractivity contribution in [2.75, 3.05) is 0 Å². The van der Waals surface area contributed by atoms with E-state index in [9.17, 15) is 9.59 Å². The van der Waals surface area contributed by atoms with Crippen molar-refractivity contribution in [1.82, 2.24) is 9.55 Å². The molecule has 0 aliphatic rings. The van der Waals surface area contributed by atoms with Gasteiger partial charge in [0.2, 0.25) is 0 Å². The first-order valence-corrected chi connectivity index (χ1v) is 4.55. The summed E-state index contributed by atoms with van der Waals surface area (Å²) in [5.41, 5.74) is -0.344. The molecule has 0 spiro atoms. The lowest BCUT2D eigenvalue weighted by Gasteiger charge is -2.04. The Morgan fingerprint density at radius 3 is 2.56 bits per heavy atom. The van der Waals surface area contributed by atoms with Crippen LogP contribution in [0.4, 0.5) is 0 Å². The van der Waals surface area contributed by atoms with Gasteiger partial charge >= 0.3 is 5.97 Å². The fourth-order valence-electron chi connectivity index (χ4n) is 1.33. The summed E-state index contributed by atoms with van der Waals surface area (Å²) in [6, 6.07) is 8.73. The largest absolute Gasteiger partial charge is 0.477 e. The number of aromatic carboxylic acids is 1. The van der Waals surface area contributed by atoms with Crippen LogP contribution < -0.4 is 5.56 Å². The van der Waals surface area contributed by atoms with E-state index in [1.165, 1.54) is 10.9 Å². The number of hydrogen-bond donors (Lipinski definition) is 1. The van der Waals surface area contributed by atoms with Crippen molar-refractivity contribution in [3.63, 3.8) is 0 Å². The molecule has 0 aliphatic carbocycles. The average Bonchev–Trinajstić information content (AvgIpc) is 2.30. The predicted molar refractivity (Wildman–Crippen MR) is 56.8 cm³/mol. The van der Waals surface area contributed by atoms with Gasteiger partial charge in [-0.15, -0.1) is 0 Å². The van der Waals surface area contributed by atoms with Gasteiger partial charge in [0.05, 0.1) is 5.69 Å². The maximum Gasteiger partial charge on any atom is 0.342 e. The van der Waals surface area contributed by atoms with Gasteiger partial charge in [-0.05, 0) is 12.1 Å². The van der Waals surface area contributed by atoms with Crippen LogP contribution >= 0.6 is 0 Å². The van der Waals surface area contributed by atoms with Crippen molar-refractivity contribution in [3.8, 4) is 5.69 Å². The second-order valence-corrected chi connectivity index (χ2v) is 3.12. The Morgan fingerprint density at radius 2 is 1.94 bits per heavy atom. The molecule has 5 heteroatoms. The lowest BCUT2D eigenvalue weighted by Crippen LogP contribution is -2.25. The van der Waals surface area contributed by atoms with Crippen LogP contribution in [-0.2, 0) is 0 Å². The van der Waals surface area contributed by atoms with Gasteiger partial charge in [-0.25, -0.2) is 9.78 Å². The van der Waals surface area contributed by atoms with E-state index in [-0.39, 0.29) is 5.56 Å². The number of para-hydroxylation sites is 1. The van der Waals surface area contributed by atoms with E-state index in [2.05, 4.69) is 4.98 Å². The first kappa shape index (κ1) is 10.1. The number of rotatable bonds is 2. The summed E-state index contributed by atoms with van der Waals surface area (Å²) in [4.78, 5) is 26.2. The maximum atomic E-state index is 11.8. The van der Waals surface area contributed by atoms with Gasteiger partial charge in [0.15, 0.2) is 0 Å². The summed E-state index contributed by atoms with van der Waals surface area (Å²) < 4.78 is 1.20. The van der Waals surface area contributed by atoms with E-state index in [0.717, 1.165) is 6.20 Å². The summed E-state index contributed by atoms with van der Waals surface area (Å²) in [6.07, 6.45) is 2.34. The molecule has 0 unspecified atom stereocenters. The van der Waals surface area contributed by atoms with Crippen molar-refractivity contribution in [2.45, 2.75) is 0 Å². The van der Waals surface area contributed by atoms with Crippen LogP contribution in [0.5, 0.6) is 0 Å². The molecule has 1 aromatic heterocycles. The summed E-state index contributed by atoms with van der Waals surface area (Å²) in [6.45, 7) is 0. The smallest absolute Gasteiger partial charge is 0.342 e. The molecule has 16 heavy (non-hydrogen) atoms. The number of carboxylic acid groups (broad SMARTS) is 1. The summed E-state index contributed by atoms with van der Waals surface area (Å²) >= 11 is 0. The second-order valence-electron chi connectivity index (χ2n) is 3.12. The number of carbonyl (C=O) groups is 1. The first-order valence-electron chi connectivity index (χ1n) is 4.55. The molecule has 5 nitrogen and oxygen atoms in total. The number of carboxylic acids is 1. The Labute approximate surface area is 90.6 Å². The molecular weight excluding hydrogens is 208 g/mol. The Hall–Kier alpha value is -2.43. The third kappa shape index (κ3) is 1.70. The van der Waals surface area contributed by atoms with Crippen molar-refractivity contribution in [2.24, 2.45) is 0 Å². The van der Waals surface area contributed by atoms with Crippen molar-refractivity contribution < 1.29 is 9.90 Å². The van der Waals surface area contributed by atoms with Gasteiger partial charge in [-0.3, -0.25) is 9.36 Å². The molecule has 80 valence electrons. The van der Waals surface area contributed by atoms with Gasteiger partial charge in [0, 0.05) is 6.20 Å². The van der Waals surface area contributed by atoms with Gasteiger partial charge in [-0.2, -0.15) is 0 Å². The third-order valence-electron chi connectivity index (χ3n) is 2.10. The highest BCUT2D eigenvalue weighted by Crippen LogP contribution is 2.02. The standard InChI is InChI=1S/C11H8N2O3/c14-10-9(11(15)16)6-12-7-13(10)8-4-2-1-3-5-8/h1-7H,(H,15,16). The lowest BCUT2D eigenvalue weighted by atomic mass is 10.3. The Morgan fingerprint density at radius 1 is 1.25 bits per heavy atom. The van der Waals surface area contributed by atoms with Crippen molar-refractivity contribution in [3.05, 3.63) is 58.8 Å². The SMILES string of the molecule is O=C(O)c1cncn(-c2ccccc2)c1=O. The van der Waals surface area contributed by atoms with E-state index < -0.39 is 11.5 Å². The highest BCUT2D eigenvalue weighted by Gasteiger charge is 2.11. The fraction of sp³-hybridized carbons (Fsp3) is 0. The minimum atomic E-state index is -1.28.